The van der Waals surface area contributed by atoms with E-state index in [4.69, 9.17) is 0 Å². The summed E-state index contributed by atoms with van der Waals surface area (Å²) in [6.07, 6.45) is 6.13. The van der Waals surface area contributed by atoms with E-state index in [9.17, 15) is 22.8 Å². The van der Waals surface area contributed by atoms with Gasteiger partial charge in [0.05, 0.1) is 11.9 Å². The molecule has 2 amide bonds. The fourth-order valence-electron chi connectivity index (χ4n) is 4.54. The number of carbonyl (C=O) groups is 3. The van der Waals surface area contributed by atoms with Gasteiger partial charge in [0.1, 0.15) is 12.6 Å². The molecule has 1 fully saturated rings. The minimum atomic E-state index is -3.86. The average molecular weight is 528 g/mol. The zero-order chi connectivity index (χ0) is 27.2. The van der Waals surface area contributed by atoms with Crippen LogP contribution in [0.4, 0.5) is 5.69 Å². The predicted octanol–water partition coefficient (Wildman–Crippen LogP) is 3.83. The third kappa shape index (κ3) is 7.89. The van der Waals surface area contributed by atoms with Gasteiger partial charge in [0, 0.05) is 18.2 Å². The van der Waals surface area contributed by atoms with E-state index in [0.717, 1.165) is 53.8 Å². The number of anilines is 1. The van der Waals surface area contributed by atoms with Crippen LogP contribution in [-0.4, -0.2) is 55.8 Å². The highest BCUT2D eigenvalue weighted by atomic mass is 32.2. The molecule has 1 atom stereocenters. The van der Waals surface area contributed by atoms with Crippen molar-refractivity contribution >= 4 is 33.3 Å². The summed E-state index contributed by atoms with van der Waals surface area (Å²) in [7, 11) is -3.86. The van der Waals surface area contributed by atoms with Gasteiger partial charge in [0.15, 0.2) is 5.78 Å². The smallest absolute Gasteiger partial charge is 0.244 e. The van der Waals surface area contributed by atoms with Crippen molar-refractivity contribution in [2.45, 2.75) is 71.5 Å². The number of ketones is 1. The first kappa shape index (κ1) is 28.4. The monoisotopic (exact) mass is 527 g/mol. The molecule has 1 aliphatic rings. The molecule has 3 rings (SSSR count). The summed E-state index contributed by atoms with van der Waals surface area (Å²) >= 11 is 0. The third-order valence-electron chi connectivity index (χ3n) is 6.81. The first-order valence-electron chi connectivity index (χ1n) is 12.7. The molecule has 0 heterocycles. The van der Waals surface area contributed by atoms with Crippen LogP contribution in [0.3, 0.4) is 0 Å². The highest BCUT2D eigenvalue weighted by molar-refractivity contribution is 7.92. The molecule has 200 valence electrons. The topological polar surface area (TPSA) is 104 Å². The molecule has 1 aliphatic carbocycles. The van der Waals surface area contributed by atoms with Gasteiger partial charge >= 0.3 is 0 Å². The lowest BCUT2D eigenvalue weighted by Gasteiger charge is -2.33. The Morgan fingerprint density at radius 3 is 2.27 bits per heavy atom. The van der Waals surface area contributed by atoms with Crippen LogP contribution >= 0.6 is 0 Å². The molecule has 0 saturated heterocycles. The number of amides is 2. The fraction of sp³-hybridized carbons (Fsp3) is 0.464. The summed E-state index contributed by atoms with van der Waals surface area (Å²) in [5, 5.41) is 3.08. The van der Waals surface area contributed by atoms with Crippen molar-refractivity contribution in [2.75, 3.05) is 17.1 Å². The number of aryl methyl sites for hydroxylation is 1. The van der Waals surface area contributed by atoms with E-state index >= 15 is 0 Å². The lowest BCUT2D eigenvalue weighted by molar-refractivity contribution is -0.139. The van der Waals surface area contributed by atoms with Gasteiger partial charge in [0.2, 0.25) is 21.8 Å². The molecular weight excluding hydrogens is 490 g/mol. The Morgan fingerprint density at radius 2 is 1.68 bits per heavy atom. The van der Waals surface area contributed by atoms with Crippen LogP contribution in [0.15, 0.2) is 48.5 Å². The maximum absolute atomic E-state index is 13.7. The Morgan fingerprint density at radius 1 is 1.03 bits per heavy atom. The minimum Gasteiger partial charge on any atom is -0.352 e. The summed E-state index contributed by atoms with van der Waals surface area (Å²) < 4.78 is 26.4. The van der Waals surface area contributed by atoms with Crippen molar-refractivity contribution in [1.82, 2.24) is 10.2 Å². The molecular formula is C28H37N3O5S. The highest BCUT2D eigenvalue weighted by Gasteiger charge is 2.31. The number of carbonyl (C=O) groups excluding carboxylic acids is 3. The Kier molecular flexibility index (Phi) is 9.48. The molecule has 0 aromatic heterocycles. The van der Waals surface area contributed by atoms with Gasteiger partial charge in [0.25, 0.3) is 0 Å². The van der Waals surface area contributed by atoms with E-state index in [1.807, 2.05) is 31.2 Å². The van der Waals surface area contributed by atoms with Crippen molar-refractivity contribution in [3.63, 3.8) is 0 Å². The third-order valence-corrected chi connectivity index (χ3v) is 7.95. The standard InChI is InChI=1S/C28H37N3O5S/c1-20-13-15-23(16-14-20)18-30(21(2)28(34)29-25-10-6-5-7-11-25)27(33)19-31(37(4,35)36)26-12-8-9-24(17-26)22(3)32/h8-9,12-17,21,25H,5-7,10-11,18-19H2,1-4H3,(H,29,34)/t21-/m0/s1. The van der Waals surface area contributed by atoms with Gasteiger partial charge in [-0.2, -0.15) is 0 Å². The first-order chi connectivity index (χ1) is 17.5. The van der Waals surface area contributed by atoms with Crippen LogP contribution in [0, 0.1) is 6.92 Å². The maximum Gasteiger partial charge on any atom is 0.244 e. The zero-order valence-corrected chi connectivity index (χ0v) is 22.9. The number of Topliss-reactive ketones (excluding diaryl/α,β-unsaturated/α-hetero) is 1. The van der Waals surface area contributed by atoms with E-state index < -0.39 is 28.5 Å². The van der Waals surface area contributed by atoms with Gasteiger partial charge < -0.3 is 10.2 Å². The second kappa shape index (κ2) is 12.4. The second-order valence-electron chi connectivity index (χ2n) is 9.90. The SMILES string of the molecule is CC(=O)c1cccc(N(CC(=O)N(Cc2ccc(C)cc2)[C@@H](C)C(=O)NC2CCCCC2)S(C)(=O)=O)c1. The molecule has 2 aromatic rings. The summed E-state index contributed by atoms with van der Waals surface area (Å²) in [6, 6.07) is 13.1. The first-order valence-corrected chi connectivity index (χ1v) is 14.5. The van der Waals surface area contributed by atoms with Gasteiger partial charge in [-0.3, -0.25) is 18.7 Å². The fourth-order valence-corrected chi connectivity index (χ4v) is 5.38. The van der Waals surface area contributed by atoms with Crippen molar-refractivity contribution in [3.05, 3.63) is 65.2 Å². The number of rotatable bonds is 10. The van der Waals surface area contributed by atoms with Crippen LogP contribution in [-0.2, 0) is 26.2 Å². The number of sulfonamides is 1. The molecule has 9 heteroatoms. The predicted molar refractivity (Wildman–Crippen MR) is 145 cm³/mol. The molecule has 1 saturated carbocycles. The van der Waals surface area contributed by atoms with Crippen LogP contribution in [0.5, 0.6) is 0 Å². The molecule has 1 N–H and O–H groups in total. The number of hydrogen-bond acceptors (Lipinski definition) is 5. The zero-order valence-electron chi connectivity index (χ0n) is 22.1. The largest absolute Gasteiger partial charge is 0.352 e. The van der Waals surface area contributed by atoms with Gasteiger partial charge in [-0.1, -0.05) is 61.2 Å². The van der Waals surface area contributed by atoms with Crippen molar-refractivity contribution in [1.29, 1.82) is 0 Å². The van der Waals surface area contributed by atoms with E-state index in [1.54, 1.807) is 25.1 Å². The molecule has 2 aromatic carbocycles. The number of hydrogen-bond donors (Lipinski definition) is 1. The van der Waals surface area contributed by atoms with Gasteiger partial charge in [-0.25, -0.2) is 8.42 Å². The van der Waals surface area contributed by atoms with E-state index in [0.29, 0.717) is 5.56 Å². The van der Waals surface area contributed by atoms with Crippen molar-refractivity contribution < 1.29 is 22.8 Å². The number of nitrogens with one attached hydrogen (secondary N) is 1. The average Bonchev–Trinajstić information content (AvgIpc) is 2.86. The van der Waals surface area contributed by atoms with Gasteiger partial charge in [-0.15, -0.1) is 0 Å². The Bertz CT molecular complexity index is 1220. The number of benzene rings is 2. The number of nitrogens with zero attached hydrogens (tertiary/aromatic N) is 2. The van der Waals surface area contributed by atoms with E-state index in [1.165, 1.54) is 17.9 Å². The van der Waals surface area contributed by atoms with Crippen LogP contribution in [0.2, 0.25) is 0 Å². The van der Waals surface area contributed by atoms with Crippen molar-refractivity contribution in [2.24, 2.45) is 0 Å². The molecule has 0 spiro atoms. The van der Waals surface area contributed by atoms with Gasteiger partial charge in [-0.05, 0) is 51.3 Å². The highest BCUT2D eigenvalue weighted by Crippen LogP contribution is 2.22. The Hall–Kier alpha value is -3.20. The summed E-state index contributed by atoms with van der Waals surface area (Å²) in [5.74, 6) is -0.974. The van der Waals surface area contributed by atoms with Crippen LogP contribution in [0.25, 0.3) is 0 Å². The second-order valence-corrected chi connectivity index (χ2v) is 11.8. The quantitative estimate of drug-likeness (QED) is 0.473. The minimum absolute atomic E-state index is 0.0851. The molecule has 37 heavy (non-hydrogen) atoms. The lowest BCUT2D eigenvalue weighted by Crippen LogP contribution is -2.53. The lowest BCUT2D eigenvalue weighted by atomic mass is 9.95. The normalized spacial score (nSPS) is 15.0. The summed E-state index contributed by atoms with van der Waals surface area (Å²) in [4.78, 5) is 40.2. The van der Waals surface area contributed by atoms with Crippen LogP contribution < -0.4 is 9.62 Å². The summed E-state index contributed by atoms with van der Waals surface area (Å²) in [5.41, 5.74) is 2.47. The van der Waals surface area contributed by atoms with E-state index in [2.05, 4.69) is 5.32 Å². The Labute approximate surface area is 220 Å². The molecule has 0 unspecified atom stereocenters. The summed E-state index contributed by atoms with van der Waals surface area (Å²) in [6.45, 7) is 4.69. The maximum atomic E-state index is 13.7. The Balaban J connectivity index is 1.89. The van der Waals surface area contributed by atoms with Crippen LogP contribution in [0.1, 0.15) is 67.4 Å². The van der Waals surface area contributed by atoms with E-state index in [-0.39, 0.29) is 30.0 Å². The molecule has 8 nitrogen and oxygen atoms in total. The van der Waals surface area contributed by atoms with Crippen molar-refractivity contribution in [3.8, 4) is 0 Å². The molecule has 0 bridgehead atoms. The molecule has 0 radical (unpaired) electrons. The molecule has 0 aliphatic heterocycles.